The van der Waals surface area contributed by atoms with E-state index in [1.807, 2.05) is 26.0 Å². The molecule has 0 bridgehead atoms. The lowest BCUT2D eigenvalue weighted by atomic mass is 10.0. The Bertz CT molecular complexity index is 863. The molecule has 2 aliphatic rings. The number of amides is 3. The molecule has 2 aliphatic heterocycles. The zero-order valence-electron chi connectivity index (χ0n) is 13.2. The summed E-state index contributed by atoms with van der Waals surface area (Å²) in [6.07, 6.45) is 2.17. The van der Waals surface area contributed by atoms with Gasteiger partial charge < -0.3 is 0 Å². The van der Waals surface area contributed by atoms with Gasteiger partial charge in [0.2, 0.25) is 11.8 Å². The standard InChI is InChI=1S/C18H18N2O3/c1-4-13-16-11(10(2)3)6-5-7-12(16)18(23)20(13)14-8-9-15(21)19-17(14)22/h4-7,14H,1,8-9H2,2-3H3,(H,19,21,22). The van der Waals surface area contributed by atoms with Gasteiger partial charge in [-0.1, -0.05) is 24.3 Å². The Morgan fingerprint density at radius 2 is 2.04 bits per heavy atom. The SMILES string of the molecule is C=CC1=c2c(cccc2=C(C)C)C(=O)N1C1CCC(=O)NC1=O. The minimum absolute atomic E-state index is 0.215. The Hall–Kier alpha value is -2.69. The molecule has 1 aromatic carbocycles. The van der Waals surface area contributed by atoms with Crippen molar-refractivity contribution in [2.45, 2.75) is 32.7 Å². The van der Waals surface area contributed by atoms with Gasteiger partial charge >= 0.3 is 0 Å². The molecule has 3 rings (SSSR count). The second-order valence-corrected chi connectivity index (χ2v) is 5.96. The van der Waals surface area contributed by atoms with Gasteiger partial charge in [0.1, 0.15) is 6.04 Å². The fourth-order valence-corrected chi connectivity index (χ4v) is 3.22. The van der Waals surface area contributed by atoms with Gasteiger partial charge in [0.15, 0.2) is 0 Å². The van der Waals surface area contributed by atoms with Crippen LogP contribution in [0.25, 0.3) is 11.3 Å². The van der Waals surface area contributed by atoms with E-state index in [0.29, 0.717) is 17.7 Å². The van der Waals surface area contributed by atoms with E-state index in [2.05, 4.69) is 11.9 Å². The fourth-order valence-electron chi connectivity index (χ4n) is 3.22. The smallest absolute Gasteiger partial charge is 0.259 e. The number of piperidine rings is 1. The molecular weight excluding hydrogens is 292 g/mol. The molecule has 5 nitrogen and oxygen atoms in total. The van der Waals surface area contributed by atoms with E-state index >= 15 is 0 Å². The summed E-state index contributed by atoms with van der Waals surface area (Å²) in [4.78, 5) is 37.9. The first kappa shape index (κ1) is 15.2. The van der Waals surface area contributed by atoms with Crippen molar-refractivity contribution in [3.05, 3.63) is 46.9 Å². The quantitative estimate of drug-likeness (QED) is 0.806. The summed E-state index contributed by atoms with van der Waals surface area (Å²) in [5.41, 5.74) is 2.29. The average molecular weight is 310 g/mol. The van der Waals surface area contributed by atoms with E-state index in [4.69, 9.17) is 0 Å². The third kappa shape index (κ3) is 2.29. The van der Waals surface area contributed by atoms with Crippen LogP contribution < -0.4 is 15.8 Å². The van der Waals surface area contributed by atoms with Gasteiger partial charge in [0.05, 0.1) is 5.70 Å². The number of benzene rings is 1. The van der Waals surface area contributed by atoms with Crippen LogP contribution in [-0.2, 0) is 9.59 Å². The molecule has 0 aliphatic carbocycles. The molecule has 118 valence electrons. The number of carbonyl (C=O) groups excluding carboxylic acids is 3. The summed E-state index contributed by atoms with van der Waals surface area (Å²) in [5.74, 6) is -0.943. The number of fused-ring (bicyclic) bond motifs is 1. The predicted octanol–water partition coefficient (Wildman–Crippen LogP) is 0.432. The maximum Gasteiger partial charge on any atom is 0.259 e. The fraction of sp³-hybridized carbons (Fsp3) is 0.278. The lowest BCUT2D eigenvalue weighted by Gasteiger charge is -2.30. The van der Waals surface area contributed by atoms with Gasteiger partial charge in [0.25, 0.3) is 5.91 Å². The highest BCUT2D eigenvalue weighted by Gasteiger charge is 2.39. The molecule has 0 radical (unpaired) electrons. The summed E-state index contributed by atoms with van der Waals surface area (Å²) in [6.45, 7) is 7.79. The minimum Gasteiger partial charge on any atom is -0.295 e. The molecular formula is C18H18N2O3. The first-order valence-electron chi connectivity index (χ1n) is 7.56. The van der Waals surface area contributed by atoms with Crippen LogP contribution in [0.2, 0.25) is 0 Å². The van der Waals surface area contributed by atoms with Crippen molar-refractivity contribution in [2.75, 3.05) is 0 Å². The van der Waals surface area contributed by atoms with E-state index in [1.54, 1.807) is 12.1 Å². The lowest BCUT2D eigenvalue weighted by molar-refractivity contribution is -0.136. The first-order valence-corrected chi connectivity index (χ1v) is 7.56. The van der Waals surface area contributed by atoms with Crippen molar-refractivity contribution in [1.29, 1.82) is 0 Å². The molecule has 1 N–H and O–H groups in total. The summed E-state index contributed by atoms with van der Waals surface area (Å²) in [5, 5.41) is 4.10. The predicted molar refractivity (Wildman–Crippen MR) is 86.4 cm³/mol. The van der Waals surface area contributed by atoms with Crippen molar-refractivity contribution in [1.82, 2.24) is 10.2 Å². The number of nitrogens with one attached hydrogen (secondary N) is 1. The zero-order valence-corrected chi connectivity index (χ0v) is 13.2. The van der Waals surface area contributed by atoms with Crippen molar-refractivity contribution >= 4 is 29.0 Å². The molecule has 2 heterocycles. The molecule has 3 amide bonds. The Morgan fingerprint density at radius 1 is 1.30 bits per heavy atom. The topological polar surface area (TPSA) is 66.5 Å². The van der Waals surface area contributed by atoms with E-state index in [9.17, 15) is 14.4 Å². The molecule has 23 heavy (non-hydrogen) atoms. The van der Waals surface area contributed by atoms with Crippen LogP contribution in [0.4, 0.5) is 0 Å². The van der Waals surface area contributed by atoms with Gasteiger partial charge in [-0.05, 0) is 37.6 Å². The van der Waals surface area contributed by atoms with Crippen LogP contribution in [-0.4, -0.2) is 28.7 Å². The van der Waals surface area contributed by atoms with Crippen LogP contribution >= 0.6 is 0 Å². The molecule has 1 atom stereocenters. The van der Waals surface area contributed by atoms with E-state index < -0.39 is 11.9 Å². The van der Waals surface area contributed by atoms with Crippen molar-refractivity contribution in [3.63, 3.8) is 0 Å². The maximum atomic E-state index is 12.9. The highest BCUT2D eigenvalue weighted by atomic mass is 16.2. The summed E-state index contributed by atoms with van der Waals surface area (Å²) < 4.78 is 0. The van der Waals surface area contributed by atoms with Crippen LogP contribution in [0.5, 0.6) is 0 Å². The molecule has 1 fully saturated rings. The second kappa shape index (κ2) is 5.50. The van der Waals surface area contributed by atoms with Gasteiger partial charge in [-0.15, -0.1) is 0 Å². The van der Waals surface area contributed by atoms with Gasteiger partial charge in [0, 0.05) is 17.2 Å². The van der Waals surface area contributed by atoms with Gasteiger partial charge in [-0.25, -0.2) is 0 Å². The van der Waals surface area contributed by atoms with Crippen molar-refractivity contribution in [3.8, 4) is 0 Å². The molecule has 1 aromatic rings. The number of hydrogen-bond acceptors (Lipinski definition) is 3. The Balaban J connectivity index is 2.23. The number of rotatable bonds is 2. The Labute approximate surface area is 134 Å². The number of hydrogen-bond donors (Lipinski definition) is 1. The van der Waals surface area contributed by atoms with Crippen molar-refractivity contribution in [2.24, 2.45) is 0 Å². The maximum absolute atomic E-state index is 12.9. The molecule has 1 saturated heterocycles. The Kier molecular flexibility index (Phi) is 3.64. The molecule has 0 saturated carbocycles. The second-order valence-electron chi connectivity index (χ2n) is 5.96. The molecule has 0 spiro atoms. The van der Waals surface area contributed by atoms with E-state index in [1.165, 1.54) is 4.90 Å². The largest absolute Gasteiger partial charge is 0.295 e. The van der Waals surface area contributed by atoms with Gasteiger partial charge in [-0.3, -0.25) is 24.6 Å². The highest BCUT2D eigenvalue weighted by molar-refractivity contribution is 6.09. The lowest BCUT2D eigenvalue weighted by Crippen LogP contribution is -2.52. The third-order valence-corrected chi connectivity index (χ3v) is 4.28. The van der Waals surface area contributed by atoms with Crippen LogP contribution in [0.15, 0.2) is 30.9 Å². The summed E-state index contributed by atoms with van der Waals surface area (Å²) >= 11 is 0. The van der Waals surface area contributed by atoms with E-state index in [0.717, 1.165) is 16.0 Å². The highest BCUT2D eigenvalue weighted by Crippen LogP contribution is 2.24. The van der Waals surface area contributed by atoms with Crippen LogP contribution in [0.3, 0.4) is 0 Å². The summed E-state index contributed by atoms with van der Waals surface area (Å²) in [6, 6.07) is 4.89. The van der Waals surface area contributed by atoms with Crippen LogP contribution in [0, 0.1) is 0 Å². The normalized spacial score (nSPS) is 20.4. The van der Waals surface area contributed by atoms with Crippen LogP contribution in [0.1, 0.15) is 37.0 Å². The minimum atomic E-state index is -0.675. The molecule has 1 unspecified atom stereocenters. The average Bonchev–Trinajstić information content (AvgIpc) is 2.80. The molecule has 5 heteroatoms. The number of nitrogens with zero attached hydrogens (tertiary/aromatic N) is 1. The van der Waals surface area contributed by atoms with Crippen molar-refractivity contribution < 1.29 is 14.4 Å². The number of carbonyl (C=O) groups is 3. The number of imide groups is 1. The first-order chi connectivity index (χ1) is 11.0. The monoisotopic (exact) mass is 310 g/mol. The molecule has 0 aromatic heterocycles. The van der Waals surface area contributed by atoms with Gasteiger partial charge in [-0.2, -0.15) is 0 Å². The van der Waals surface area contributed by atoms with E-state index in [-0.39, 0.29) is 18.2 Å². The Morgan fingerprint density at radius 3 is 2.65 bits per heavy atom. The summed E-state index contributed by atoms with van der Waals surface area (Å²) in [7, 11) is 0. The third-order valence-electron chi connectivity index (χ3n) is 4.28. The zero-order chi connectivity index (χ0) is 16.7.